The van der Waals surface area contributed by atoms with E-state index < -0.39 is 29.2 Å². The van der Waals surface area contributed by atoms with Crippen LogP contribution in [-0.2, 0) is 12.7 Å². The Labute approximate surface area is 264 Å². The van der Waals surface area contributed by atoms with Crippen molar-refractivity contribution in [3.8, 4) is 21.7 Å². The van der Waals surface area contributed by atoms with Crippen LogP contribution in [0.5, 0.6) is 0 Å². The predicted molar refractivity (Wildman–Crippen MR) is 168 cm³/mol. The zero-order valence-corrected chi connectivity index (χ0v) is 25.2. The Morgan fingerprint density at radius 2 is 1.91 bits per heavy atom. The molecule has 0 radical (unpaired) electrons. The molecule has 0 saturated carbocycles. The van der Waals surface area contributed by atoms with E-state index in [0.717, 1.165) is 22.3 Å². The number of amides is 3. The highest BCUT2D eigenvalue weighted by Crippen LogP contribution is 2.39. The summed E-state index contributed by atoms with van der Waals surface area (Å²) in [5, 5.41) is 18.1. The minimum Gasteiger partial charge on any atom is -0.396 e. The summed E-state index contributed by atoms with van der Waals surface area (Å²) in [6, 6.07) is 9.35. The van der Waals surface area contributed by atoms with Crippen LogP contribution in [0, 0.1) is 0 Å². The molecule has 238 valence electrons. The number of halogens is 3. The van der Waals surface area contributed by atoms with Crippen LogP contribution in [0.3, 0.4) is 0 Å². The summed E-state index contributed by atoms with van der Waals surface area (Å²) in [5.41, 5.74) is 0.761. The van der Waals surface area contributed by atoms with E-state index in [2.05, 4.69) is 30.9 Å². The zero-order valence-electron chi connectivity index (χ0n) is 24.4. The molecule has 11 nitrogen and oxygen atoms in total. The van der Waals surface area contributed by atoms with E-state index in [0.29, 0.717) is 29.6 Å². The van der Waals surface area contributed by atoms with E-state index in [-0.39, 0.29) is 47.0 Å². The number of pyridine rings is 3. The summed E-state index contributed by atoms with van der Waals surface area (Å²) in [5.74, 6) is -0.491. The molecular weight excluding hydrogens is 623 g/mol. The fraction of sp³-hybridized carbons (Fsp3) is 0.226. The first-order chi connectivity index (χ1) is 22.1. The van der Waals surface area contributed by atoms with Gasteiger partial charge in [-0.1, -0.05) is 12.1 Å². The molecule has 5 rings (SSSR count). The van der Waals surface area contributed by atoms with Crippen molar-refractivity contribution in [2.45, 2.75) is 26.1 Å². The zero-order chi connectivity index (χ0) is 32.8. The van der Waals surface area contributed by atoms with Crippen molar-refractivity contribution in [3.05, 3.63) is 93.6 Å². The van der Waals surface area contributed by atoms with Gasteiger partial charge in [0.05, 0.1) is 5.52 Å². The van der Waals surface area contributed by atoms with Gasteiger partial charge in [-0.2, -0.15) is 13.2 Å². The first-order valence-corrected chi connectivity index (χ1v) is 15.0. The molecule has 0 spiro atoms. The molecule has 0 atom stereocenters. The largest absolute Gasteiger partial charge is 0.434 e. The highest BCUT2D eigenvalue weighted by Gasteiger charge is 2.34. The molecule has 0 aliphatic rings. The predicted octanol–water partition coefficient (Wildman–Crippen LogP) is 4.90. The van der Waals surface area contributed by atoms with Crippen LogP contribution >= 0.6 is 11.3 Å². The number of hydrogen-bond donors (Lipinski definition) is 4. The van der Waals surface area contributed by atoms with Crippen LogP contribution < -0.4 is 21.4 Å². The molecule has 0 saturated heterocycles. The third-order valence-electron chi connectivity index (χ3n) is 6.84. The van der Waals surface area contributed by atoms with E-state index in [1.54, 1.807) is 48.1 Å². The third-order valence-corrected chi connectivity index (χ3v) is 7.72. The summed E-state index contributed by atoms with van der Waals surface area (Å²) in [7, 11) is 0. The number of fused-ring (bicyclic) bond motifs is 1. The van der Waals surface area contributed by atoms with Crippen LogP contribution in [0.1, 0.15) is 35.0 Å². The van der Waals surface area contributed by atoms with Gasteiger partial charge in [0.25, 0.3) is 5.91 Å². The standard InChI is InChI=1S/C31H28F3N7O4S/c1-2-36-30(45)40-26-12-21(29-39-25(17-46-29)31(32,33)34)22(14-38-26)19-6-7-20-24(11-19)41(15-18-5-3-8-35-13-18)16-23(27(20)43)28(44)37-9-4-10-42/h3,5-8,11-14,16-17,42H,2,4,9-10,15H2,1H3,(H,37,44)(H2,36,38,40,45). The number of nitrogens with zero attached hydrogens (tertiary/aromatic N) is 4. The molecular formula is C31H28F3N7O4S. The molecule has 4 N–H and O–H groups in total. The van der Waals surface area contributed by atoms with Gasteiger partial charge >= 0.3 is 12.2 Å². The minimum absolute atomic E-state index is 0.0476. The number of carbonyl (C=O) groups is 2. The first-order valence-electron chi connectivity index (χ1n) is 14.1. The Hall–Kier alpha value is -5.15. The number of urea groups is 1. The number of nitrogens with one attached hydrogen (secondary N) is 3. The molecule has 0 unspecified atom stereocenters. The van der Waals surface area contributed by atoms with Crippen molar-refractivity contribution in [2.24, 2.45) is 0 Å². The number of hydrogen-bond acceptors (Lipinski definition) is 8. The highest BCUT2D eigenvalue weighted by atomic mass is 32.1. The fourth-order valence-corrected chi connectivity index (χ4v) is 5.55. The normalized spacial score (nSPS) is 11.4. The molecule has 4 heterocycles. The van der Waals surface area contributed by atoms with Crippen molar-refractivity contribution < 1.29 is 27.9 Å². The third kappa shape index (κ3) is 7.21. The average Bonchev–Trinajstić information content (AvgIpc) is 3.54. The maximum atomic E-state index is 13.5. The van der Waals surface area contributed by atoms with Crippen molar-refractivity contribution in [1.82, 2.24) is 30.2 Å². The number of carbonyl (C=O) groups excluding carboxylic acids is 2. The second-order valence-corrected chi connectivity index (χ2v) is 10.9. The van der Waals surface area contributed by atoms with E-state index in [9.17, 15) is 27.6 Å². The summed E-state index contributed by atoms with van der Waals surface area (Å²) >= 11 is 0.791. The molecule has 0 bridgehead atoms. The molecule has 0 aliphatic carbocycles. The van der Waals surface area contributed by atoms with Gasteiger partial charge in [-0.15, -0.1) is 11.3 Å². The van der Waals surface area contributed by atoms with Gasteiger partial charge in [0, 0.05) is 72.9 Å². The molecule has 4 aromatic heterocycles. The van der Waals surface area contributed by atoms with Crippen LogP contribution in [0.25, 0.3) is 32.6 Å². The van der Waals surface area contributed by atoms with Gasteiger partial charge in [0.15, 0.2) is 5.69 Å². The van der Waals surface area contributed by atoms with Gasteiger partial charge in [-0.05, 0) is 48.7 Å². The molecule has 15 heteroatoms. The van der Waals surface area contributed by atoms with Crippen LogP contribution in [0.4, 0.5) is 23.8 Å². The topological polar surface area (TPSA) is 151 Å². The lowest BCUT2D eigenvalue weighted by molar-refractivity contribution is -0.140. The van der Waals surface area contributed by atoms with Crippen molar-refractivity contribution in [2.75, 3.05) is 25.0 Å². The van der Waals surface area contributed by atoms with Gasteiger partial charge < -0.3 is 20.3 Å². The monoisotopic (exact) mass is 651 g/mol. The molecule has 0 aliphatic heterocycles. The quantitative estimate of drug-likeness (QED) is 0.157. The fourth-order valence-electron chi connectivity index (χ4n) is 4.69. The molecule has 0 fully saturated rings. The van der Waals surface area contributed by atoms with Gasteiger partial charge in [0.2, 0.25) is 5.43 Å². The molecule has 46 heavy (non-hydrogen) atoms. The van der Waals surface area contributed by atoms with Gasteiger partial charge in [-0.3, -0.25) is 19.9 Å². The average molecular weight is 652 g/mol. The van der Waals surface area contributed by atoms with E-state index in [1.807, 2.05) is 6.07 Å². The summed E-state index contributed by atoms with van der Waals surface area (Å²) in [6.45, 7) is 2.39. The first kappa shape index (κ1) is 32.2. The number of aliphatic hydroxyl groups is 1. The second-order valence-electron chi connectivity index (χ2n) is 10.1. The Morgan fingerprint density at radius 3 is 2.61 bits per heavy atom. The molecule has 3 amide bonds. The smallest absolute Gasteiger partial charge is 0.396 e. The number of rotatable bonds is 10. The molecule has 1 aromatic carbocycles. The number of aromatic nitrogens is 4. The van der Waals surface area contributed by atoms with Crippen molar-refractivity contribution in [3.63, 3.8) is 0 Å². The summed E-state index contributed by atoms with van der Waals surface area (Å²) < 4.78 is 42.2. The van der Waals surface area contributed by atoms with Crippen molar-refractivity contribution in [1.29, 1.82) is 0 Å². The Balaban J connectivity index is 1.67. The highest BCUT2D eigenvalue weighted by molar-refractivity contribution is 7.13. The second kappa shape index (κ2) is 13.9. The van der Waals surface area contributed by atoms with E-state index in [1.165, 1.54) is 18.5 Å². The van der Waals surface area contributed by atoms with Gasteiger partial charge in [0.1, 0.15) is 16.4 Å². The summed E-state index contributed by atoms with van der Waals surface area (Å²) in [6.07, 6.45) is 1.80. The summed E-state index contributed by atoms with van der Waals surface area (Å²) in [4.78, 5) is 50.9. The molecule has 5 aromatic rings. The maximum Gasteiger partial charge on any atom is 0.434 e. The number of aliphatic hydroxyl groups excluding tert-OH is 1. The number of thiazole rings is 1. The lowest BCUT2D eigenvalue weighted by Crippen LogP contribution is -2.31. The van der Waals surface area contributed by atoms with E-state index >= 15 is 0 Å². The van der Waals surface area contributed by atoms with Crippen LogP contribution in [0.2, 0.25) is 0 Å². The Bertz CT molecular complexity index is 1940. The SMILES string of the molecule is CCNC(=O)Nc1cc(-c2nc(C(F)(F)F)cs2)c(-c2ccc3c(=O)c(C(=O)NCCCO)cn(Cc4cccnc4)c3c2)cn1. The Morgan fingerprint density at radius 1 is 1.09 bits per heavy atom. The van der Waals surface area contributed by atoms with Gasteiger partial charge in [-0.25, -0.2) is 14.8 Å². The minimum atomic E-state index is -4.66. The number of anilines is 1. The van der Waals surface area contributed by atoms with Crippen LogP contribution in [0.15, 0.2) is 71.4 Å². The lowest BCUT2D eigenvalue weighted by atomic mass is 9.99. The number of benzene rings is 1. The van der Waals surface area contributed by atoms with Crippen molar-refractivity contribution >= 4 is 40.0 Å². The van der Waals surface area contributed by atoms with Crippen LogP contribution in [-0.4, -0.2) is 56.3 Å². The number of alkyl halides is 3. The van der Waals surface area contributed by atoms with E-state index in [4.69, 9.17) is 5.11 Å². The lowest BCUT2D eigenvalue weighted by Gasteiger charge is -2.16. The Kier molecular flexibility index (Phi) is 9.72. The maximum absolute atomic E-state index is 13.5.